The number of para-hydroxylation sites is 1. The molecule has 0 fully saturated rings. The molecule has 308 valence electrons. The maximum Gasteiger partial charge on any atom is 0.325 e. The molecule has 1 atom stereocenters. The van der Waals surface area contributed by atoms with Gasteiger partial charge in [0.1, 0.15) is 49.3 Å². The highest BCUT2D eigenvalue weighted by molar-refractivity contribution is 5.78. The number of anilines is 4. The van der Waals surface area contributed by atoms with E-state index in [0.717, 1.165) is 62.9 Å². The Morgan fingerprint density at radius 1 is 0.678 bits per heavy atom. The van der Waals surface area contributed by atoms with Gasteiger partial charge in [-0.3, -0.25) is 9.59 Å². The van der Waals surface area contributed by atoms with Crippen LogP contribution in [0.25, 0.3) is 0 Å². The molecule has 0 radical (unpaired) electrons. The van der Waals surface area contributed by atoms with Gasteiger partial charge >= 0.3 is 11.9 Å². The SMILES string of the molecule is CCc1ccc2c(c1)Oc1cc(N(C)C)ccc1C2c1ccc2c(c1)OCCOc1cc(C)ccc1N(CC(=O)OC)CCN(c1ccccc1)CCN2CC(=O)OC. The average Bonchev–Trinajstić information content (AvgIpc) is 3.25. The number of hydrogen-bond acceptors (Lipinski definition) is 11. The third-order valence-corrected chi connectivity index (χ3v) is 11.1. The average molecular weight is 799 g/mol. The highest BCUT2D eigenvalue weighted by Crippen LogP contribution is 2.50. The molecule has 11 heteroatoms. The summed E-state index contributed by atoms with van der Waals surface area (Å²) in [6.45, 7) is 6.77. The van der Waals surface area contributed by atoms with Crippen LogP contribution in [0.2, 0.25) is 0 Å². The van der Waals surface area contributed by atoms with E-state index in [1.54, 1.807) is 0 Å². The van der Waals surface area contributed by atoms with E-state index in [1.165, 1.54) is 19.8 Å². The second-order valence-corrected chi connectivity index (χ2v) is 15.1. The van der Waals surface area contributed by atoms with E-state index in [-0.39, 0.29) is 44.2 Å². The lowest BCUT2D eigenvalue weighted by molar-refractivity contribution is -0.139. The van der Waals surface area contributed by atoms with Crippen LogP contribution in [0.15, 0.2) is 103 Å². The Bertz CT molecular complexity index is 2260. The first kappa shape index (κ1) is 40.8. The maximum atomic E-state index is 13.1. The Kier molecular flexibility index (Phi) is 12.8. The summed E-state index contributed by atoms with van der Waals surface area (Å²) in [4.78, 5) is 34.2. The summed E-state index contributed by atoms with van der Waals surface area (Å²) in [6, 6.07) is 35.3. The molecule has 59 heavy (non-hydrogen) atoms. The van der Waals surface area contributed by atoms with E-state index in [1.807, 2.05) is 67.2 Å². The molecule has 0 spiro atoms. The van der Waals surface area contributed by atoms with Gasteiger partial charge in [0.25, 0.3) is 0 Å². The molecule has 11 nitrogen and oxygen atoms in total. The fourth-order valence-electron chi connectivity index (χ4n) is 7.79. The molecule has 2 aliphatic rings. The molecule has 0 bridgehead atoms. The molecule has 5 aromatic rings. The fourth-order valence-corrected chi connectivity index (χ4v) is 7.79. The van der Waals surface area contributed by atoms with Crippen LogP contribution < -0.4 is 33.8 Å². The van der Waals surface area contributed by atoms with E-state index in [9.17, 15) is 9.59 Å². The molecular weight excluding hydrogens is 745 g/mol. The molecular formula is C48H54N4O7. The van der Waals surface area contributed by atoms with Crippen LogP contribution in [-0.4, -0.2) is 92.7 Å². The van der Waals surface area contributed by atoms with E-state index in [0.29, 0.717) is 37.7 Å². The van der Waals surface area contributed by atoms with Crippen molar-refractivity contribution in [2.45, 2.75) is 26.2 Å². The van der Waals surface area contributed by atoms with Crippen LogP contribution >= 0.6 is 0 Å². The quantitative estimate of drug-likeness (QED) is 0.141. The van der Waals surface area contributed by atoms with Gasteiger partial charge < -0.3 is 43.3 Å². The Morgan fingerprint density at radius 3 is 1.88 bits per heavy atom. The second kappa shape index (κ2) is 18.5. The molecule has 0 saturated heterocycles. The van der Waals surface area contributed by atoms with Crippen molar-refractivity contribution in [3.63, 3.8) is 0 Å². The van der Waals surface area contributed by atoms with Crippen LogP contribution in [-0.2, 0) is 25.5 Å². The number of benzene rings is 5. The first-order valence-electron chi connectivity index (χ1n) is 20.2. The van der Waals surface area contributed by atoms with Crippen molar-refractivity contribution in [1.29, 1.82) is 0 Å². The first-order chi connectivity index (χ1) is 28.6. The summed E-state index contributed by atoms with van der Waals surface area (Å²) in [6.07, 6.45) is 0.895. The van der Waals surface area contributed by atoms with Gasteiger partial charge in [-0.05, 0) is 78.6 Å². The van der Waals surface area contributed by atoms with E-state index in [2.05, 4.69) is 83.5 Å². The molecule has 1 unspecified atom stereocenters. The van der Waals surface area contributed by atoms with Crippen LogP contribution in [0, 0.1) is 6.92 Å². The minimum absolute atomic E-state index is 0.0144. The predicted octanol–water partition coefficient (Wildman–Crippen LogP) is 7.85. The van der Waals surface area contributed by atoms with E-state index >= 15 is 0 Å². The van der Waals surface area contributed by atoms with Gasteiger partial charge in [0, 0.05) is 74.8 Å². The van der Waals surface area contributed by atoms with E-state index < -0.39 is 0 Å². The highest BCUT2D eigenvalue weighted by atomic mass is 16.5. The number of fused-ring (bicyclic) bond motifs is 4. The first-order valence-corrected chi connectivity index (χ1v) is 20.2. The smallest absolute Gasteiger partial charge is 0.325 e. The normalized spacial score (nSPS) is 15.4. The van der Waals surface area contributed by atoms with Gasteiger partial charge in [-0.25, -0.2) is 0 Å². The zero-order valence-electron chi connectivity index (χ0n) is 34.9. The van der Waals surface area contributed by atoms with Crippen LogP contribution in [0.5, 0.6) is 23.0 Å². The summed E-state index contributed by atoms with van der Waals surface area (Å²) in [7, 11) is 6.86. The number of esters is 2. The minimum Gasteiger partial charge on any atom is -0.488 e. The van der Waals surface area contributed by atoms with Gasteiger partial charge in [-0.2, -0.15) is 0 Å². The number of hydrogen-bond donors (Lipinski definition) is 0. The van der Waals surface area contributed by atoms with Crippen molar-refractivity contribution < 1.29 is 33.3 Å². The zero-order valence-corrected chi connectivity index (χ0v) is 34.9. The number of ether oxygens (including phenoxy) is 5. The highest BCUT2D eigenvalue weighted by Gasteiger charge is 2.31. The maximum absolute atomic E-state index is 13.1. The third kappa shape index (κ3) is 9.35. The number of aryl methyl sites for hydroxylation is 2. The van der Waals surface area contributed by atoms with Crippen molar-refractivity contribution in [1.82, 2.24) is 0 Å². The second-order valence-electron chi connectivity index (χ2n) is 15.1. The number of carbonyl (C=O) groups is 2. The molecule has 0 N–H and O–H groups in total. The Hall–Kier alpha value is -6.36. The predicted molar refractivity (Wildman–Crippen MR) is 233 cm³/mol. The summed E-state index contributed by atoms with van der Waals surface area (Å²) in [5, 5.41) is 0. The standard InChI is InChI=1S/C48H54N4O7/c1-7-34-14-17-38-42(28-34)59-43-30-37(49(3)4)16-18-39(43)48(38)35-15-20-41-45(29-35)58-26-25-57-44-27-33(2)13-19-40(44)51(31-46(53)55-5)23-21-50(36-11-9-8-10-12-36)22-24-52(41)32-47(54)56-6/h8-20,27-30,48H,7,21-26,31-32H2,1-6H3. The fraction of sp³-hybridized carbons (Fsp3) is 0.333. The third-order valence-electron chi connectivity index (χ3n) is 11.1. The lowest BCUT2D eigenvalue weighted by Crippen LogP contribution is -2.42. The van der Waals surface area contributed by atoms with Gasteiger partial charge in [-0.15, -0.1) is 0 Å². The van der Waals surface area contributed by atoms with Crippen molar-refractivity contribution in [3.8, 4) is 23.0 Å². The van der Waals surface area contributed by atoms with Gasteiger partial charge in [-0.1, -0.05) is 55.5 Å². The van der Waals surface area contributed by atoms with Crippen LogP contribution in [0.4, 0.5) is 22.7 Å². The summed E-state index contributed by atoms with van der Waals surface area (Å²) >= 11 is 0. The van der Waals surface area contributed by atoms with Crippen molar-refractivity contribution >= 4 is 34.7 Å². The van der Waals surface area contributed by atoms with Gasteiger partial charge in [0.2, 0.25) is 0 Å². The largest absolute Gasteiger partial charge is 0.488 e. The summed E-state index contributed by atoms with van der Waals surface area (Å²) in [5.74, 6) is 2.08. The summed E-state index contributed by atoms with van der Waals surface area (Å²) < 4.78 is 30.2. The van der Waals surface area contributed by atoms with Crippen molar-refractivity contribution in [2.75, 3.05) is 100 Å². The lowest BCUT2D eigenvalue weighted by atomic mass is 9.82. The summed E-state index contributed by atoms with van der Waals surface area (Å²) in [5.41, 5.74) is 9.00. The Labute approximate surface area is 347 Å². The molecule has 2 aliphatic heterocycles. The molecule has 5 aromatic carbocycles. The van der Waals surface area contributed by atoms with Crippen molar-refractivity contribution in [3.05, 3.63) is 131 Å². The molecule has 0 aromatic heterocycles. The number of rotatable bonds is 8. The number of methoxy groups -OCH3 is 2. The monoisotopic (exact) mass is 798 g/mol. The van der Waals surface area contributed by atoms with E-state index in [4.69, 9.17) is 23.7 Å². The minimum atomic E-state index is -0.363. The van der Waals surface area contributed by atoms with Crippen molar-refractivity contribution in [2.24, 2.45) is 0 Å². The number of carbonyl (C=O) groups excluding carboxylic acids is 2. The van der Waals surface area contributed by atoms with Crippen LogP contribution in [0.3, 0.4) is 0 Å². The lowest BCUT2D eigenvalue weighted by Gasteiger charge is -2.33. The molecule has 2 heterocycles. The Morgan fingerprint density at radius 2 is 1.27 bits per heavy atom. The molecule has 0 amide bonds. The van der Waals surface area contributed by atoms with Crippen LogP contribution in [0.1, 0.15) is 40.7 Å². The van der Waals surface area contributed by atoms with Gasteiger partial charge in [0.05, 0.1) is 25.6 Å². The molecule has 0 saturated carbocycles. The number of nitrogens with zero attached hydrogens (tertiary/aromatic N) is 4. The Balaban J connectivity index is 1.33. The molecule has 0 aliphatic carbocycles. The van der Waals surface area contributed by atoms with Gasteiger partial charge in [0.15, 0.2) is 0 Å². The molecule has 7 rings (SSSR count). The zero-order chi connectivity index (χ0) is 41.5. The topological polar surface area (TPSA) is 93.3 Å².